The lowest BCUT2D eigenvalue weighted by Gasteiger charge is -2.17. The first-order valence-electron chi connectivity index (χ1n) is 5.36. The normalized spacial score (nSPS) is 11.3. The molecule has 94 valence electrons. The molecule has 1 aromatic heterocycles. The Morgan fingerprint density at radius 1 is 1.47 bits per heavy atom. The van der Waals surface area contributed by atoms with Crippen molar-refractivity contribution in [2.75, 3.05) is 11.9 Å². The number of carbonyl (C=O) groups is 1. The molecule has 0 fully saturated rings. The van der Waals surface area contributed by atoms with E-state index in [2.05, 4.69) is 15.3 Å². The predicted octanol–water partition coefficient (Wildman–Crippen LogP) is 1.71. The van der Waals surface area contributed by atoms with Crippen LogP contribution in [-0.2, 0) is 10.2 Å². The van der Waals surface area contributed by atoms with Crippen molar-refractivity contribution in [1.82, 2.24) is 9.97 Å². The minimum Gasteiger partial charge on any atom is -0.370 e. The van der Waals surface area contributed by atoms with E-state index in [9.17, 15) is 4.79 Å². The summed E-state index contributed by atoms with van der Waals surface area (Å²) in [5, 5.41) is 3.37. The summed E-state index contributed by atoms with van der Waals surface area (Å²) in [7, 11) is 0. The first-order chi connectivity index (χ1) is 7.79. The van der Waals surface area contributed by atoms with Crippen LogP contribution >= 0.6 is 11.6 Å². The fourth-order valence-electron chi connectivity index (χ4n) is 1.16. The second kappa shape index (κ2) is 5.31. The second-order valence-corrected chi connectivity index (χ2v) is 5.18. The van der Waals surface area contributed by atoms with Crippen LogP contribution in [0.25, 0.3) is 0 Å². The van der Waals surface area contributed by atoms with Crippen molar-refractivity contribution >= 4 is 23.3 Å². The van der Waals surface area contributed by atoms with E-state index in [1.165, 1.54) is 0 Å². The largest absolute Gasteiger partial charge is 0.370 e. The van der Waals surface area contributed by atoms with Gasteiger partial charge in [-0.05, 0) is 0 Å². The second-order valence-electron chi connectivity index (χ2n) is 4.79. The molecule has 0 aromatic carbocycles. The Morgan fingerprint density at radius 2 is 2.12 bits per heavy atom. The third-order valence-electron chi connectivity index (χ3n) is 2.04. The first-order valence-corrected chi connectivity index (χ1v) is 5.74. The van der Waals surface area contributed by atoms with Gasteiger partial charge in [0.1, 0.15) is 16.8 Å². The number of aromatic nitrogens is 2. The summed E-state index contributed by atoms with van der Waals surface area (Å²) < 4.78 is 0. The van der Waals surface area contributed by atoms with Crippen LogP contribution in [0.4, 0.5) is 5.82 Å². The number of hydrogen-bond donors (Lipinski definition) is 2. The number of hydrogen-bond acceptors (Lipinski definition) is 4. The van der Waals surface area contributed by atoms with E-state index in [0.717, 1.165) is 0 Å². The summed E-state index contributed by atoms with van der Waals surface area (Å²) in [6, 6.07) is 1.62. The fourth-order valence-corrected chi connectivity index (χ4v) is 1.34. The number of amides is 1. The van der Waals surface area contributed by atoms with Gasteiger partial charge in [-0.25, -0.2) is 9.97 Å². The van der Waals surface area contributed by atoms with Gasteiger partial charge in [0.15, 0.2) is 0 Å². The number of nitrogens with one attached hydrogen (secondary N) is 1. The van der Waals surface area contributed by atoms with Crippen molar-refractivity contribution in [3.05, 3.63) is 17.0 Å². The third-order valence-corrected chi connectivity index (χ3v) is 2.24. The fraction of sp³-hybridized carbons (Fsp3) is 0.545. The van der Waals surface area contributed by atoms with E-state index in [4.69, 9.17) is 17.3 Å². The van der Waals surface area contributed by atoms with E-state index < -0.39 is 0 Å². The van der Waals surface area contributed by atoms with Gasteiger partial charge in [-0.15, -0.1) is 0 Å². The zero-order chi connectivity index (χ0) is 13.1. The van der Waals surface area contributed by atoms with Crippen molar-refractivity contribution in [2.45, 2.75) is 32.6 Å². The Balaban J connectivity index is 2.79. The van der Waals surface area contributed by atoms with Crippen LogP contribution in [0.15, 0.2) is 6.07 Å². The molecule has 5 nitrogen and oxygen atoms in total. The monoisotopic (exact) mass is 256 g/mol. The Kier molecular flexibility index (Phi) is 4.28. The molecule has 0 saturated carbocycles. The van der Waals surface area contributed by atoms with Gasteiger partial charge in [0, 0.05) is 24.4 Å². The molecule has 6 heteroatoms. The number of carbonyl (C=O) groups excluding carboxylic acids is 1. The number of anilines is 1. The molecule has 0 radical (unpaired) electrons. The molecule has 0 spiro atoms. The highest BCUT2D eigenvalue weighted by Gasteiger charge is 2.18. The van der Waals surface area contributed by atoms with Crippen LogP contribution < -0.4 is 11.1 Å². The highest BCUT2D eigenvalue weighted by molar-refractivity contribution is 6.29. The lowest BCUT2D eigenvalue weighted by atomic mass is 9.96. The molecular formula is C11H17ClN4O. The zero-order valence-electron chi connectivity index (χ0n) is 10.2. The molecule has 0 aliphatic carbocycles. The Bertz CT molecular complexity index is 414. The van der Waals surface area contributed by atoms with Crippen molar-refractivity contribution in [2.24, 2.45) is 5.73 Å². The van der Waals surface area contributed by atoms with Gasteiger partial charge in [0.2, 0.25) is 5.91 Å². The van der Waals surface area contributed by atoms with E-state index in [1.807, 2.05) is 20.8 Å². The van der Waals surface area contributed by atoms with Crippen LogP contribution in [0.5, 0.6) is 0 Å². The minimum absolute atomic E-state index is 0.176. The van der Waals surface area contributed by atoms with Crippen molar-refractivity contribution in [3.8, 4) is 0 Å². The molecule has 0 bridgehead atoms. The number of nitrogens with zero attached hydrogens (tertiary/aromatic N) is 2. The third kappa shape index (κ3) is 4.56. The van der Waals surface area contributed by atoms with Gasteiger partial charge in [-0.1, -0.05) is 32.4 Å². The first kappa shape index (κ1) is 13.7. The highest BCUT2D eigenvalue weighted by atomic mass is 35.5. The van der Waals surface area contributed by atoms with E-state index in [1.54, 1.807) is 6.07 Å². The molecule has 1 rings (SSSR count). The van der Waals surface area contributed by atoms with Crippen molar-refractivity contribution < 1.29 is 4.79 Å². The van der Waals surface area contributed by atoms with Crippen LogP contribution in [0.3, 0.4) is 0 Å². The molecular weight excluding hydrogens is 240 g/mol. The zero-order valence-corrected chi connectivity index (χ0v) is 11.0. The van der Waals surface area contributed by atoms with Crippen LogP contribution in [0.2, 0.25) is 5.15 Å². The molecule has 0 aliphatic heterocycles. The molecule has 0 saturated heterocycles. The summed E-state index contributed by atoms with van der Waals surface area (Å²) in [5.41, 5.74) is 4.87. The Labute approximate surface area is 106 Å². The average molecular weight is 257 g/mol. The van der Waals surface area contributed by atoms with Gasteiger partial charge in [0.25, 0.3) is 0 Å². The number of primary amides is 1. The summed E-state index contributed by atoms with van der Waals surface area (Å²) >= 11 is 5.91. The van der Waals surface area contributed by atoms with E-state index >= 15 is 0 Å². The van der Waals surface area contributed by atoms with E-state index in [0.29, 0.717) is 23.3 Å². The maximum atomic E-state index is 10.6. The van der Waals surface area contributed by atoms with Crippen molar-refractivity contribution in [3.63, 3.8) is 0 Å². The summed E-state index contributed by atoms with van der Waals surface area (Å²) in [5.74, 6) is 0.913. The standard InChI is InChI=1S/C11H17ClN4O/c1-11(2,3)10-15-7(12)6-9(16-10)14-5-4-8(13)17/h6H,4-5H2,1-3H3,(H2,13,17)(H,14,15,16). The molecule has 17 heavy (non-hydrogen) atoms. The predicted molar refractivity (Wildman–Crippen MR) is 68.0 cm³/mol. The summed E-state index contributed by atoms with van der Waals surface area (Å²) in [6.07, 6.45) is 0.256. The van der Waals surface area contributed by atoms with Crippen LogP contribution in [0.1, 0.15) is 33.0 Å². The number of nitrogens with two attached hydrogens (primary N) is 1. The lowest BCUT2D eigenvalue weighted by molar-refractivity contribution is -0.117. The maximum absolute atomic E-state index is 10.6. The minimum atomic E-state index is -0.353. The SMILES string of the molecule is CC(C)(C)c1nc(Cl)cc(NCCC(N)=O)n1. The molecule has 0 aliphatic rings. The lowest BCUT2D eigenvalue weighted by Crippen LogP contribution is -2.19. The average Bonchev–Trinajstić information content (AvgIpc) is 2.14. The van der Waals surface area contributed by atoms with Crippen molar-refractivity contribution in [1.29, 1.82) is 0 Å². The van der Waals surface area contributed by atoms with Gasteiger partial charge in [-0.3, -0.25) is 4.79 Å². The Hall–Kier alpha value is -1.36. The summed E-state index contributed by atoms with van der Waals surface area (Å²) in [4.78, 5) is 19.1. The molecule has 1 heterocycles. The molecule has 1 amide bonds. The van der Waals surface area contributed by atoms with Crippen LogP contribution in [0, 0.1) is 0 Å². The van der Waals surface area contributed by atoms with Gasteiger partial charge in [0.05, 0.1) is 0 Å². The summed E-state index contributed by atoms with van der Waals surface area (Å²) in [6.45, 7) is 6.45. The topological polar surface area (TPSA) is 80.9 Å². The number of rotatable bonds is 4. The quantitative estimate of drug-likeness (QED) is 0.804. The highest BCUT2D eigenvalue weighted by Crippen LogP contribution is 2.22. The van der Waals surface area contributed by atoms with Crippen LogP contribution in [-0.4, -0.2) is 22.4 Å². The maximum Gasteiger partial charge on any atom is 0.219 e. The molecule has 3 N–H and O–H groups in total. The molecule has 1 aromatic rings. The smallest absolute Gasteiger partial charge is 0.219 e. The van der Waals surface area contributed by atoms with Gasteiger partial charge >= 0.3 is 0 Å². The van der Waals surface area contributed by atoms with E-state index in [-0.39, 0.29) is 17.7 Å². The molecule has 0 unspecified atom stereocenters. The van der Waals surface area contributed by atoms with Gasteiger partial charge < -0.3 is 11.1 Å². The number of halogens is 1. The molecule has 0 atom stereocenters. The Morgan fingerprint density at radius 3 is 2.65 bits per heavy atom. The van der Waals surface area contributed by atoms with Gasteiger partial charge in [-0.2, -0.15) is 0 Å².